The first-order valence-corrected chi connectivity index (χ1v) is 13.0. The van der Waals surface area contributed by atoms with E-state index in [1.807, 2.05) is 19.9 Å². The number of carbonyl (C=O) groups is 2. The predicted octanol–water partition coefficient (Wildman–Crippen LogP) is 6.98. The van der Waals surface area contributed by atoms with Crippen molar-refractivity contribution in [1.29, 1.82) is 0 Å². The number of aryl methyl sites for hydroxylation is 3. The zero-order valence-corrected chi connectivity index (χ0v) is 23.2. The fraction of sp³-hybridized carbons (Fsp3) is 0.344. The summed E-state index contributed by atoms with van der Waals surface area (Å²) in [5, 5.41) is 12.5. The van der Waals surface area contributed by atoms with Gasteiger partial charge in [0.1, 0.15) is 18.1 Å². The van der Waals surface area contributed by atoms with Crippen molar-refractivity contribution in [2.24, 2.45) is 5.92 Å². The zero-order chi connectivity index (χ0) is 28.5. The molecule has 0 aliphatic rings. The second-order valence-corrected chi connectivity index (χ2v) is 10.2. The van der Waals surface area contributed by atoms with Crippen LogP contribution in [-0.4, -0.2) is 24.1 Å². The van der Waals surface area contributed by atoms with Crippen LogP contribution in [-0.2, 0) is 17.8 Å². The molecule has 0 saturated heterocycles. The molecule has 0 spiro atoms. The molecule has 1 unspecified atom stereocenters. The number of carboxylic acids is 1. The first-order valence-electron chi connectivity index (χ1n) is 13.0. The summed E-state index contributed by atoms with van der Waals surface area (Å²) in [5.41, 5.74) is 5.56. The van der Waals surface area contributed by atoms with E-state index in [1.165, 1.54) is 7.11 Å². The quantitative estimate of drug-likeness (QED) is 0.248. The number of rotatable bonds is 12. The number of hydrogen-bond donors (Lipinski definition) is 2. The van der Waals surface area contributed by atoms with Crippen LogP contribution < -0.4 is 14.8 Å². The van der Waals surface area contributed by atoms with E-state index in [0.29, 0.717) is 34.2 Å². The Morgan fingerprint density at radius 2 is 1.69 bits per heavy atom. The molecule has 3 aromatic carbocycles. The van der Waals surface area contributed by atoms with Crippen LogP contribution in [0.2, 0.25) is 0 Å². The van der Waals surface area contributed by atoms with Gasteiger partial charge in [-0.2, -0.15) is 0 Å². The van der Waals surface area contributed by atoms with Crippen LogP contribution in [0.25, 0.3) is 4.85 Å². The van der Waals surface area contributed by atoms with Gasteiger partial charge in [0, 0.05) is 18.1 Å². The van der Waals surface area contributed by atoms with E-state index in [4.69, 9.17) is 16.0 Å². The minimum absolute atomic E-state index is 0.0775. The lowest BCUT2D eigenvalue weighted by molar-refractivity contribution is -0.136. The molecule has 0 bridgehead atoms. The third kappa shape index (κ3) is 8.61. The number of nitrogens with one attached hydrogen (secondary N) is 1. The van der Waals surface area contributed by atoms with Crippen LogP contribution >= 0.6 is 0 Å². The predicted molar refractivity (Wildman–Crippen MR) is 152 cm³/mol. The van der Waals surface area contributed by atoms with Crippen LogP contribution in [0.3, 0.4) is 0 Å². The van der Waals surface area contributed by atoms with Gasteiger partial charge in [-0.25, -0.2) is 4.85 Å². The molecule has 204 valence electrons. The van der Waals surface area contributed by atoms with E-state index < -0.39 is 5.97 Å². The normalized spacial score (nSPS) is 11.5. The zero-order valence-electron chi connectivity index (χ0n) is 23.2. The Morgan fingerprint density at radius 1 is 1.00 bits per heavy atom. The number of methoxy groups -OCH3 is 1. The molecule has 3 aromatic rings. The van der Waals surface area contributed by atoms with Gasteiger partial charge in [0.05, 0.1) is 19.7 Å². The third-order valence-electron chi connectivity index (χ3n) is 6.32. The number of carbonyl (C=O) groups excluding carboxylic acids is 1. The van der Waals surface area contributed by atoms with Gasteiger partial charge in [0.25, 0.3) is 5.91 Å². The van der Waals surface area contributed by atoms with Crippen LogP contribution in [0.15, 0.2) is 54.6 Å². The number of carboxylic acid groups (broad SMARTS) is 1. The van der Waals surface area contributed by atoms with Gasteiger partial charge in [0.15, 0.2) is 5.69 Å². The molecule has 0 aliphatic carbocycles. The average Bonchev–Trinajstić information content (AvgIpc) is 2.89. The van der Waals surface area contributed by atoms with Gasteiger partial charge in [-0.15, -0.1) is 0 Å². The Bertz CT molecular complexity index is 1350. The second kappa shape index (κ2) is 13.5. The Labute approximate surface area is 230 Å². The van der Waals surface area contributed by atoms with Crippen molar-refractivity contribution in [3.63, 3.8) is 0 Å². The lowest BCUT2D eigenvalue weighted by Gasteiger charge is -2.23. The van der Waals surface area contributed by atoms with Crippen LogP contribution in [0, 0.1) is 26.3 Å². The Morgan fingerprint density at radius 3 is 2.31 bits per heavy atom. The highest BCUT2D eigenvalue weighted by Gasteiger charge is 2.21. The number of aliphatic carboxylic acids is 1. The Hall–Kier alpha value is -4.31. The topological polar surface area (TPSA) is 89.2 Å². The summed E-state index contributed by atoms with van der Waals surface area (Å²) in [6, 6.07) is 16.5. The highest BCUT2D eigenvalue weighted by atomic mass is 16.5. The van der Waals surface area contributed by atoms with Gasteiger partial charge in [-0.05, 0) is 67.5 Å². The maximum atomic E-state index is 13.7. The Kier molecular flexibility index (Phi) is 10.1. The second-order valence-electron chi connectivity index (χ2n) is 10.2. The number of benzene rings is 3. The molecular weight excluding hydrogens is 492 g/mol. The van der Waals surface area contributed by atoms with Crippen molar-refractivity contribution in [2.75, 3.05) is 7.11 Å². The molecule has 0 aromatic heterocycles. The first kappa shape index (κ1) is 29.2. The fourth-order valence-corrected chi connectivity index (χ4v) is 4.57. The van der Waals surface area contributed by atoms with E-state index in [1.54, 1.807) is 30.3 Å². The lowest BCUT2D eigenvalue weighted by Crippen LogP contribution is -2.30. The van der Waals surface area contributed by atoms with Gasteiger partial charge < -0.3 is 19.9 Å². The van der Waals surface area contributed by atoms with Crippen LogP contribution in [0.5, 0.6) is 11.5 Å². The van der Waals surface area contributed by atoms with Crippen molar-refractivity contribution in [1.82, 2.24) is 5.32 Å². The molecule has 0 fully saturated rings. The van der Waals surface area contributed by atoms with Crippen molar-refractivity contribution >= 4 is 17.6 Å². The average molecular weight is 529 g/mol. The maximum Gasteiger partial charge on any atom is 0.303 e. The molecule has 0 radical (unpaired) electrons. The highest BCUT2D eigenvalue weighted by molar-refractivity contribution is 5.96. The third-order valence-corrected chi connectivity index (χ3v) is 6.32. The van der Waals surface area contributed by atoms with E-state index in [0.717, 1.165) is 28.7 Å². The monoisotopic (exact) mass is 528 g/mol. The molecule has 0 saturated carbocycles. The van der Waals surface area contributed by atoms with Crippen LogP contribution in [0.4, 0.5) is 5.69 Å². The summed E-state index contributed by atoms with van der Waals surface area (Å²) in [6.45, 7) is 15.8. The summed E-state index contributed by atoms with van der Waals surface area (Å²) in [6.07, 6.45) is 0.925. The van der Waals surface area contributed by atoms with Crippen molar-refractivity contribution < 1.29 is 24.2 Å². The first-order chi connectivity index (χ1) is 18.6. The van der Waals surface area contributed by atoms with Gasteiger partial charge in [-0.3, -0.25) is 9.59 Å². The number of amides is 1. The number of nitrogens with zero attached hydrogens (tertiary/aromatic N) is 1. The molecule has 0 heterocycles. The fourth-order valence-electron chi connectivity index (χ4n) is 4.57. The molecule has 3 rings (SSSR count). The molecule has 1 atom stereocenters. The summed E-state index contributed by atoms with van der Waals surface area (Å²) < 4.78 is 11.2. The minimum atomic E-state index is -0.921. The van der Waals surface area contributed by atoms with Crippen molar-refractivity contribution in [2.45, 2.75) is 59.6 Å². The van der Waals surface area contributed by atoms with Gasteiger partial charge in [-0.1, -0.05) is 55.3 Å². The summed E-state index contributed by atoms with van der Waals surface area (Å²) in [4.78, 5) is 28.4. The van der Waals surface area contributed by atoms with E-state index in [-0.39, 0.29) is 31.4 Å². The molecule has 39 heavy (non-hydrogen) atoms. The number of ether oxygens (including phenoxy) is 2. The molecule has 7 heteroatoms. The maximum absolute atomic E-state index is 13.7. The summed E-state index contributed by atoms with van der Waals surface area (Å²) in [7, 11) is 1.53. The van der Waals surface area contributed by atoms with E-state index in [9.17, 15) is 14.7 Å². The largest absolute Gasteiger partial charge is 0.498 e. The van der Waals surface area contributed by atoms with Crippen molar-refractivity contribution in [3.8, 4) is 11.5 Å². The molecular formula is C32H36N2O5. The number of hydrogen-bond acceptors (Lipinski definition) is 4. The van der Waals surface area contributed by atoms with Crippen molar-refractivity contribution in [3.05, 3.63) is 99.4 Å². The smallest absolute Gasteiger partial charge is 0.303 e. The standard InChI is InChI=1S/C32H36N2O5/c1-20(2)11-30(25-13-21(3)12-22(4)14-25)34-32(37)29-15-23(7-8-24(29)9-10-31(35)36)19-39-28-17-26(33-5)16-27(18-28)38-6/h7-8,12-18,20,30H,9-11,19H2,1-4,6H3,(H,34,37)(H,35,36). The lowest BCUT2D eigenvalue weighted by atomic mass is 9.93. The molecule has 7 nitrogen and oxygen atoms in total. The molecule has 1 amide bonds. The molecule has 2 N–H and O–H groups in total. The summed E-state index contributed by atoms with van der Waals surface area (Å²) in [5.74, 6) is 0.179. The molecule has 0 aliphatic heterocycles. The summed E-state index contributed by atoms with van der Waals surface area (Å²) >= 11 is 0. The SMILES string of the molecule is [C-]#[N+]c1cc(OC)cc(OCc2ccc(CCC(=O)O)c(C(=O)NC(CC(C)C)c3cc(C)cc(C)c3)c2)c1. The Balaban J connectivity index is 1.90. The van der Waals surface area contributed by atoms with Gasteiger partial charge in [0.2, 0.25) is 0 Å². The van der Waals surface area contributed by atoms with Crippen LogP contribution in [0.1, 0.15) is 70.9 Å². The highest BCUT2D eigenvalue weighted by Crippen LogP contribution is 2.29. The van der Waals surface area contributed by atoms with Gasteiger partial charge >= 0.3 is 5.97 Å². The van der Waals surface area contributed by atoms with E-state index >= 15 is 0 Å². The van der Waals surface area contributed by atoms with E-state index in [2.05, 4.69) is 42.2 Å². The minimum Gasteiger partial charge on any atom is -0.498 e.